The molecular formula is C16H23NO3S. The van der Waals surface area contributed by atoms with Gasteiger partial charge in [0.25, 0.3) is 0 Å². The van der Waals surface area contributed by atoms with Crippen molar-refractivity contribution in [1.82, 2.24) is 5.32 Å². The molecule has 2 N–H and O–H groups in total. The number of benzene rings is 1. The van der Waals surface area contributed by atoms with Gasteiger partial charge in [0.15, 0.2) is 0 Å². The van der Waals surface area contributed by atoms with E-state index in [1.165, 1.54) is 5.56 Å². The van der Waals surface area contributed by atoms with E-state index < -0.39 is 11.4 Å². The summed E-state index contributed by atoms with van der Waals surface area (Å²) in [5, 5.41) is 11.8. The minimum atomic E-state index is -0.885. The molecule has 0 heterocycles. The van der Waals surface area contributed by atoms with Crippen molar-refractivity contribution in [3.8, 4) is 0 Å². The molecule has 0 aliphatic carbocycles. The molecule has 1 atom stereocenters. The SMILES string of the molecule is CCC(C)(CNC(=O)CSCCc1ccccc1)C(=O)O. The molecule has 116 valence electrons. The first-order chi connectivity index (χ1) is 9.98. The number of aryl methyl sites for hydroxylation is 1. The molecule has 1 aromatic carbocycles. The molecule has 0 saturated heterocycles. The molecule has 0 aliphatic rings. The fourth-order valence-electron chi connectivity index (χ4n) is 1.70. The molecular weight excluding hydrogens is 286 g/mol. The largest absolute Gasteiger partial charge is 0.481 e. The fourth-order valence-corrected chi connectivity index (χ4v) is 2.51. The third-order valence-corrected chi connectivity index (χ3v) is 4.54. The first-order valence-electron chi connectivity index (χ1n) is 7.09. The van der Waals surface area contributed by atoms with Crippen molar-refractivity contribution < 1.29 is 14.7 Å². The Bertz CT molecular complexity index is 464. The zero-order chi connectivity index (χ0) is 15.7. The number of carbonyl (C=O) groups is 2. The predicted molar refractivity (Wildman–Crippen MR) is 86.5 cm³/mol. The molecule has 0 aromatic heterocycles. The lowest BCUT2D eigenvalue weighted by molar-refractivity contribution is -0.148. The van der Waals surface area contributed by atoms with Gasteiger partial charge in [-0.2, -0.15) is 11.8 Å². The van der Waals surface area contributed by atoms with Gasteiger partial charge in [-0.25, -0.2) is 0 Å². The lowest BCUT2D eigenvalue weighted by atomic mass is 9.88. The van der Waals surface area contributed by atoms with Gasteiger partial charge in [-0.05, 0) is 31.1 Å². The van der Waals surface area contributed by atoms with E-state index in [2.05, 4.69) is 17.4 Å². The second-order valence-electron chi connectivity index (χ2n) is 5.28. The van der Waals surface area contributed by atoms with Gasteiger partial charge in [-0.15, -0.1) is 0 Å². The number of hydrogen-bond donors (Lipinski definition) is 2. The maximum absolute atomic E-state index is 11.7. The monoisotopic (exact) mass is 309 g/mol. The van der Waals surface area contributed by atoms with Crippen LogP contribution in [0.1, 0.15) is 25.8 Å². The third kappa shape index (κ3) is 6.21. The summed E-state index contributed by atoms with van der Waals surface area (Å²) >= 11 is 1.56. The predicted octanol–water partition coefficient (Wildman–Crippen LogP) is 2.58. The fraction of sp³-hybridized carbons (Fsp3) is 0.500. The van der Waals surface area contributed by atoms with Gasteiger partial charge in [-0.1, -0.05) is 37.3 Å². The van der Waals surface area contributed by atoms with Gasteiger partial charge < -0.3 is 10.4 Å². The zero-order valence-electron chi connectivity index (χ0n) is 12.6. The van der Waals surface area contributed by atoms with Gasteiger partial charge in [0.2, 0.25) is 5.91 Å². The lowest BCUT2D eigenvalue weighted by Gasteiger charge is -2.23. The standard InChI is InChI=1S/C16H23NO3S/c1-3-16(2,15(19)20)12-17-14(18)11-21-10-9-13-7-5-4-6-8-13/h4-8H,3,9-12H2,1-2H3,(H,17,18)(H,19,20). The van der Waals surface area contributed by atoms with Crippen molar-refractivity contribution >= 4 is 23.6 Å². The number of rotatable bonds is 9. The quantitative estimate of drug-likeness (QED) is 0.688. The Balaban J connectivity index is 2.21. The first kappa shape index (κ1) is 17.6. The number of carboxylic acid groups (broad SMARTS) is 1. The molecule has 0 spiro atoms. The van der Waals surface area contributed by atoms with Crippen molar-refractivity contribution in [2.24, 2.45) is 5.41 Å². The highest BCUT2D eigenvalue weighted by Crippen LogP contribution is 2.19. The highest BCUT2D eigenvalue weighted by atomic mass is 32.2. The van der Waals surface area contributed by atoms with Crippen LogP contribution in [0.5, 0.6) is 0 Å². The maximum atomic E-state index is 11.7. The van der Waals surface area contributed by atoms with Crippen molar-refractivity contribution in [1.29, 1.82) is 0 Å². The number of thioether (sulfide) groups is 1. The molecule has 0 aliphatic heterocycles. The lowest BCUT2D eigenvalue weighted by Crippen LogP contribution is -2.41. The van der Waals surface area contributed by atoms with Crippen LogP contribution in [0.2, 0.25) is 0 Å². The average Bonchev–Trinajstić information content (AvgIpc) is 2.50. The summed E-state index contributed by atoms with van der Waals surface area (Å²) < 4.78 is 0. The van der Waals surface area contributed by atoms with E-state index in [1.807, 2.05) is 25.1 Å². The van der Waals surface area contributed by atoms with Crippen LogP contribution >= 0.6 is 11.8 Å². The van der Waals surface area contributed by atoms with E-state index >= 15 is 0 Å². The van der Waals surface area contributed by atoms with Crippen molar-refractivity contribution in [2.75, 3.05) is 18.1 Å². The van der Waals surface area contributed by atoms with Crippen LogP contribution in [-0.4, -0.2) is 35.0 Å². The molecule has 21 heavy (non-hydrogen) atoms. The highest BCUT2D eigenvalue weighted by molar-refractivity contribution is 7.99. The van der Waals surface area contributed by atoms with Crippen LogP contribution in [0.4, 0.5) is 0 Å². The van der Waals surface area contributed by atoms with Crippen LogP contribution in [0.15, 0.2) is 30.3 Å². The minimum absolute atomic E-state index is 0.103. The molecule has 5 heteroatoms. The molecule has 1 unspecified atom stereocenters. The maximum Gasteiger partial charge on any atom is 0.311 e. The summed E-state index contributed by atoms with van der Waals surface area (Å²) in [6.45, 7) is 3.64. The average molecular weight is 309 g/mol. The molecule has 1 rings (SSSR count). The molecule has 0 radical (unpaired) electrons. The normalized spacial score (nSPS) is 13.4. The van der Waals surface area contributed by atoms with E-state index in [4.69, 9.17) is 5.11 Å². The van der Waals surface area contributed by atoms with Gasteiger partial charge in [0, 0.05) is 6.54 Å². The van der Waals surface area contributed by atoms with E-state index in [1.54, 1.807) is 18.7 Å². The Morgan fingerprint density at radius 3 is 2.52 bits per heavy atom. The van der Waals surface area contributed by atoms with Crippen LogP contribution in [0.3, 0.4) is 0 Å². The topological polar surface area (TPSA) is 66.4 Å². The highest BCUT2D eigenvalue weighted by Gasteiger charge is 2.31. The van der Waals surface area contributed by atoms with E-state index in [-0.39, 0.29) is 12.5 Å². The molecule has 0 fully saturated rings. The Labute approximate surface area is 130 Å². The third-order valence-electron chi connectivity index (χ3n) is 3.58. The summed E-state index contributed by atoms with van der Waals surface area (Å²) in [7, 11) is 0. The first-order valence-corrected chi connectivity index (χ1v) is 8.25. The van der Waals surface area contributed by atoms with Crippen molar-refractivity contribution in [3.05, 3.63) is 35.9 Å². The number of aliphatic carboxylic acids is 1. The number of carboxylic acids is 1. The Morgan fingerprint density at radius 1 is 1.29 bits per heavy atom. The van der Waals surface area contributed by atoms with Crippen LogP contribution in [-0.2, 0) is 16.0 Å². The Kier molecular flexibility index (Phi) is 7.29. The van der Waals surface area contributed by atoms with Crippen LogP contribution in [0, 0.1) is 5.41 Å². The van der Waals surface area contributed by atoms with Gasteiger partial charge >= 0.3 is 5.97 Å². The smallest absolute Gasteiger partial charge is 0.311 e. The van der Waals surface area contributed by atoms with E-state index in [0.29, 0.717) is 12.2 Å². The van der Waals surface area contributed by atoms with E-state index in [9.17, 15) is 9.59 Å². The van der Waals surface area contributed by atoms with Crippen LogP contribution in [0.25, 0.3) is 0 Å². The number of carbonyl (C=O) groups excluding carboxylic acids is 1. The van der Waals surface area contributed by atoms with Crippen molar-refractivity contribution in [2.45, 2.75) is 26.7 Å². The van der Waals surface area contributed by atoms with Gasteiger partial charge in [0.1, 0.15) is 0 Å². The molecule has 1 aromatic rings. The number of hydrogen-bond acceptors (Lipinski definition) is 3. The molecule has 0 bridgehead atoms. The second kappa shape index (κ2) is 8.72. The summed E-state index contributed by atoms with van der Waals surface area (Å²) in [6.07, 6.45) is 1.42. The number of amides is 1. The summed E-state index contributed by atoms with van der Waals surface area (Å²) in [5.41, 5.74) is 0.375. The summed E-state index contributed by atoms with van der Waals surface area (Å²) in [5.74, 6) is 0.268. The zero-order valence-corrected chi connectivity index (χ0v) is 13.4. The van der Waals surface area contributed by atoms with Crippen molar-refractivity contribution in [3.63, 3.8) is 0 Å². The van der Waals surface area contributed by atoms with Gasteiger partial charge in [0.05, 0.1) is 11.2 Å². The van der Waals surface area contributed by atoms with Gasteiger partial charge in [-0.3, -0.25) is 9.59 Å². The molecule has 1 amide bonds. The second-order valence-corrected chi connectivity index (χ2v) is 6.39. The minimum Gasteiger partial charge on any atom is -0.481 e. The van der Waals surface area contributed by atoms with E-state index in [0.717, 1.165) is 12.2 Å². The molecule has 4 nitrogen and oxygen atoms in total. The van der Waals surface area contributed by atoms with Crippen LogP contribution < -0.4 is 5.32 Å². The Morgan fingerprint density at radius 2 is 1.95 bits per heavy atom. The summed E-state index contributed by atoms with van der Waals surface area (Å²) in [4.78, 5) is 22.8. The number of nitrogens with one attached hydrogen (secondary N) is 1. The molecule has 0 saturated carbocycles. The Hall–Kier alpha value is -1.49. The summed E-state index contributed by atoms with van der Waals surface area (Å²) in [6, 6.07) is 10.1.